The van der Waals surface area contributed by atoms with Crippen molar-refractivity contribution in [1.82, 2.24) is 0 Å². The van der Waals surface area contributed by atoms with E-state index in [4.69, 9.17) is 11.5 Å². The lowest BCUT2D eigenvalue weighted by Crippen LogP contribution is -2.41. The summed E-state index contributed by atoms with van der Waals surface area (Å²) in [5.41, 5.74) is 10.8. The van der Waals surface area contributed by atoms with E-state index < -0.39 is 0 Å². The fraction of sp³-hybridized carbons (Fsp3) is 0.857. The average Bonchev–Trinajstić information content (AvgIpc) is 1.88. The zero-order valence-corrected chi connectivity index (χ0v) is 6.05. The molecule has 0 heterocycles. The van der Waals surface area contributed by atoms with Crippen molar-refractivity contribution in [3.8, 4) is 0 Å². The zero-order valence-electron chi connectivity index (χ0n) is 6.05. The fourth-order valence-corrected chi connectivity index (χ4v) is 1.51. The van der Waals surface area contributed by atoms with E-state index in [0.29, 0.717) is 0 Å². The Morgan fingerprint density at radius 3 is 2.30 bits per heavy atom. The van der Waals surface area contributed by atoms with Crippen molar-refractivity contribution in [2.24, 2.45) is 17.4 Å². The minimum Gasteiger partial charge on any atom is -0.369 e. The quantitative estimate of drug-likeness (QED) is 0.540. The van der Waals surface area contributed by atoms with Crippen LogP contribution in [0.15, 0.2) is 0 Å². The predicted octanol–water partition coefficient (Wildman–Crippen LogP) is -0.0108. The highest BCUT2D eigenvalue weighted by molar-refractivity contribution is 5.77. The molecule has 0 bridgehead atoms. The van der Waals surface area contributed by atoms with Crippen LogP contribution in [-0.4, -0.2) is 11.9 Å². The summed E-state index contributed by atoms with van der Waals surface area (Å²) >= 11 is 0. The third-order valence-corrected chi connectivity index (χ3v) is 2.18. The minimum atomic E-state index is -0.229. The number of carbonyl (C=O) groups is 1. The minimum absolute atomic E-state index is 0.0197. The van der Waals surface area contributed by atoms with Crippen LogP contribution in [0.1, 0.15) is 25.7 Å². The van der Waals surface area contributed by atoms with Crippen LogP contribution in [0.3, 0.4) is 0 Å². The molecule has 2 atom stereocenters. The van der Waals surface area contributed by atoms with Gasteiger partial charge in [0.1, 0.15) is 0 Å². The molecule has 2 unspecified atom stereocenters. The van der Waals surface area contributed by atoms with Gasteiger partial charge in [-0.2, -0.15) is 0 Å². The van der Waals surface area contributed by atoms with Gasteiger partial charge in [-0.05, 0) is 12.8 Å². The van der Waals surface area contributed by atoms with Crippen LogP contribution >= 0.6 is 0 Å². The molecule has 0 aliphatic heterocycles. The summed E-state index contributed by atoms with van der Waals surface area (Å²) in [4.78, 5) is 10.7. The Bertz CT molecular complexity index is 136. The van der Waals surface area contributed by atoms with E-state index >= 15 is 0 Å². The summed E-state index contributed by atoms with van der Waals surface area (Å²) in [5.74, 6) is -0.291. The number of nitrogens with two attached hydrogens (primary N) is 2. The monoisotopic (exact) mass is 142 g/mol. The third-order valence-electron chi connectivity index (χ3n) is 2.18. The molecule has 1 aliphatic carbocycles. The SMILES string of the molecule is NC(=O)C1CCCCC1N. The summed E-state index contributed by atoms with van der Waals surface area (Å²) < 4.78 is 0. The van der Waals surface area contributed by atoms with E-state index in [1.807, 2.05) is 0 Å². The molecule has 3 nitrogen and oxygen atoms in total. The molecule has 0 aromatic heterocycles. The third kappa shape index (κ3) is 1.48. The lowest BCUT2D eigenvalue weighted by molar-refractivity contribution is -0.123. The van der Waals surface area contributed by atoms with Gasteiger partial charge in [-0.3, -0.25) is 4.79 Å². The number of hydrogen-bond acceptors (Lipinski definition) is 2. The Hall–Kier alpha value is -0.570. The van der Waals surface area contributed by atoms with Crippen molar-refractivity contribution in [3.63, 3.8) is 0 Å². The molecule has 58 valence electrons. The number of hydrogen-bond donors (Lipinski definition) is 2. The van der Waals surface area contributed by atoms with Crippen molar-refractivity contribution < 1.29 is 4.79 Å². The van der Waals surface area contributed by atoms with Crippen molar-refractivity contribution in [2.75, 3.05) is 0 Å². The largest absolute Gasteiger partial charge is 0.369 e. The van der Waals surface area contributed by atoms with E-state index in [-0.39, 0.29) is 17.9 Å². The molecule has 4 N–H and O–H groups in total. The van der Waals surface area contributed by atoms with E-state index in [1.54, 1.807) is 0 Å². The van der Waals surface area contributed by atoms with Crippen molar-refractivity contribution in [2.45, 2.75) is 31.7 Å². The van der Waals surface area contributed by atoms with Gasteiger partial charge >= 0.3 is 0 Å². The van der Waals surface area contributed by atoms with Gasteiger partial charge in [-0.1, -0.05) is 12.8 Å². The van der Waals surface area contributed by atoms with Gasteiger partial charge in [0.2, 0.25) is 5.91 Å². The van der Waals surface area contributed by atoms with Crippen LogP contribution in [0, 0.1) is 5.92 Å². The van der Waals surface area contributed by atoms with Crippen LogP contribution in [0.25, 0.3) is 0 Å². The molecule has 0 spiro atoms. The molecule has 1 rings (SSSR count). The molecule has 0 radical (unpaired) electrons. The van der Waals surface area contributed by atoms with Gasteiger partial charge in [-0.15, -0.1) is 0 Å². The molecule has 0 aromatic rings. The topological polar surface area (TPSA) is 69.1 Å². The maximum absolute atomic E-state index is 10.7. The Labute approximate surface area is 60.8 Å². The van der Waals surface area contributed by atoms with E-state index in [9.17, 15) is 4.79 Å². The number of carbonyl (C=O) groups excluding carboxylic acids is 1. The van der Waals surface area contributed by atoms with Gasteiger partial charge in [0, 0.05) is 6.04 Å². The van der Waals surface area contributed by atoms with E-state index in [0.717, 1.165) is 25.7 Å². The molecule has 0 aromatic carbocycles. The second kappa shape index (κ2) is 3.01. The van der Waals surface area contributed by atoms with Gasteiger partial charge in [0.15, 0.2) is 0 Å². The summed E-state index contributed by atoms with van der Waals surface area (Å²) in [6.07, 6.45) is 4.08. The predicted molar refractivity (Wildman–Crippen MR) is 39.1 cm³/mol. The van der Waals surface area contributed by atoms with Gasteiger partial charge in [-0.25, -0.2) is 0 Å². The Morgan fingerprint density at radius 2 is 1.90 bits per heavy atom. The Morgan fingerprint density at radius 1 is 1.30 bits per heavy atom. The molecule has 1 fully saturated rings. The van der Waals surface area contributed by atoms with Crippen LogP contribution in [-0.2, 0) is 4.79 Å². The number of primary amides is 1. The lowest BCUT2D eigenvalue weighted by atomic mass is 9.85. The van der Waals surface area contributed by atoms with Crippen LogP contribution in [0.5, 0.6) is 0 Å². The van der Waals surface area contributed by atoms with E-state index in [2.05, 4.69) is 0 Å². The average molecular weight is 142 g/mol. The molecule has 1 aliphatic rings. The van der Waals surface area contributed by atoms with Crippen molar-refractivity contribution in [1.29, 1.82) is 0 Å². The molecular formula is C7H14N2O. The first-order valence-corrected chi connectivity index (χ1v) is 3.76. The Balaban J connectivity index is 2.47. The lowest BCUT2D eigenvalue weighted by Gasteiger charge is -2.25. The molecule has 10 heavy (non-hydrogen) atoms. The second-order valence-corrected chi connectivity index (χ2v) is 2.96. The molecule has 1 amide bonds. The van der Waals surface area contributed by atoms with Crippen molar-refractivity contribution in [3.05, 3.63) is 0 Å². The molecular weight excluding hydrogens is 128 g/mol. The Kier molecular flexibility index (Phi) is 2.27. The fourth-order valence-electron chi connectivity index (χ4n) is 1.51. The van der Waals surface area contributed by atoms with Crippen molar-refractivity contribution >= 4 is 5.91 Å². The van der Waals surface area contributed by atoms with Crippen LogP contribution < -0.4 is 11.5 Å². The number of amides is 1. The molecule has 1 saturated carbocycles. The first kappa shape index (κ1) is 7.54. The maximum atomic E-state index is 10.7. The second-order valence-electron chi connectivity index (χ2n) is 2.96. The van der Waals surface area contributed by atoms with E-state index in [1.165, 1.54) is 0 Å². The summed E-state index contributed by atoms with van der Waals surface area (Å²) in [6, 6.07) is 0.0197. The first-order chi connectivity index (χ1) is 4.72. The number of rotatable bonds is 1. The summed E-state index contributed by atoms with van der Waals surface area (Å²) in [6.45, 7) is 0. The standard InChI is InChI=1S/C7H14N2O/c8-6-4-2-1-3-5(6)7(9)10/h5-6H,1-4,8H2,(H2,9,10). The van der Waals surface area contributed by atoms with Gasteiger partial charge in [0.25, 0.3) is 0 Å². The summed E-state index contributed by atoms with van der Waals surface area (Å²) in [7, 11) is 0. The molecule has 0 saturated heterocycles. The van der Waals surface area contributed by atoms with Crippen LogP contribution in [0.2, 0.25) is 0 Å². The molecule has 3 heteroatoms. The highest BCUT2D eigenvalue weighted by Crippen LogP contribution is 2.22. The summed E-state index contributed by atoms with van der Waals surface area (Å²) in [5, 5.41) is 0. The first-order valence-electron chi connectivity index (χ1n) is 3.76. The smallest absolute Gasteiger partial charge is 0.222 e. The normalized spacial score (nSPS) is 33.7. The van der Waals surface area contributed by atoms with Crippen LogP contribution in [0.4, 0.5) is 0 Å². The maximum Gasteiger partial charge on any atom is 0.222 e. The zero-order chi connectivity index (χ0) is 7.56. The highest BCUT2D eigenvalue weighted by Gasteiger charge is 2.25. The highest BCUT2D eigenvalue weighted by atomic mass is 16.1. The van der Waals surface area contributed by atoms with Gasteiger partial charge in [0.05, 0.1) is 5.92 Å². The van der Waals surface area contributed by atoms with Gasteiger partial charge < -0.3 is 11.5 Å².